The molecule has 6 fully saturated rings. The number of carbonyl (C=O) groups is 10. The molecule has 0 saturated carbocycles. The molecule has 6 rings (SSSR count). The number of carbonyl (C=O) groups excluding carboxylic acids is 10. The van der Waals surface area contributed by atoms with E-state index < -0.39 is 76.7 Å². The normalized spacial score (nSPS) is 23.4. The van der Waals surface area contributed by atoms with Gasteiger partial charge < -0.3 is 20.3 Å². The molecule has 0 aromatic rings. The van der Waals surface area contributed by atoms with E-state index in [1.54, 1.807) is 0 Å². The SMILES string of the molecule is CC1(C)CC(O)CC(C)(C)N1O.CC1(C)CC(OC(=O)ON2C(=O)CCC2=O)CC(C)(C)N1O.N=S.O=C(ON1C(=O)CCC1=O)ON1C(=O)CCC1=O.O=C1CCC(=O)N1O. The fraction of sp³-hybridized carbons (Fsp3) is 0.722. The maximum absolute atomic E-state index is 11.8. The van der Waals surface area contributed by atoms with E-state index in [0.717, 1.165) is 0 Å². The number of hydrogen-bond donors (Lipinski definition) is 5. The quantitative estimate of drug-likeness (QED) is 0.153. The van der Waals surface area contributed by atoms with Crippen molar-refractivity contribution in [1.82, 2.24) is 30.4 Å². The monoisotopic (exact) mass is 905 g/mol. The molecule has 0 atom stereocenters. The van der Waals surface area contributed by atoms with Gasteiger partial charge in [0.2, 0.25) is 0 Å². The lowest BCUT2D eigenvalue weighted by molar-refractivity contribution is -0.259. The summed E-state index contributed by atoms with van der Waals surface area (Å²) in [6.07, 6.45) is -1.13. The number of nitrogens with zero attached hydrogens (tertiary/aromatic N) is 6. The van der Waals surface area contributed by atoms with Crippen LogP contribution in [-0.4, -0.2) is 145 Å². The van der Waals surface area contributed by atoms with Crippen LogP contribution < -0.4 is 0 Å². The number of ether oxygens (including phenoxy) is 1. The van der Waals surface area contributed by atoms with Crippen molar-refractivity contribution < 1.29 is 87.9 Å². The van der Waals surface area contributed by atoms with Crippen LogP contribution in [0.5, 0.6) is 0 Å². The zero-order valence-electron chi connectivity index (χ0n) is 35.7. The van der Waals surface area contributed by atoms with E-state index in [1.165, 1.54) is 10.1 Å². The highest BCUT2D eigenvalue weighted by Crippen LogP contribution is 2.38. The molecular weight excluding hydrogens is 850 g/mol. The van der Waals surface area contributed by atoms with Crippen LogP contribution in [-0.2, 0) is 70.0 Å². The topological polar surface area (TPSA) is 332 Å². The first-order chi connectivity index (χ1) is 28.5. The van der Waals surface area contributed by atoms with E-state index in [0.29, 0.717) is 30.7 Å². The molecule has 0 aromatic carbocycles. The summed E-state index contributed by atoms with van der Waals surface area (Å²) >= 11 is 3.33. The van der Waals surface area contributed by atoms with Crippen LogP contribution in [0.4, 0.5) is 9.59 Å². The van der Waals surface area contributed by atoms with Crippen LogP contribution in [0.1, 0.15) is 132 Å². The summed E-state index contributed by atoms with van der Waals surface area (Å²) in [5, 5.41) is 41.7. The van der Waals surface area contributed by atoms with E-state index >= 15 is 0 Å². The standard InChI is InChI=1S/C14H22N2O6.C9H8N2O7.C9H19NO2.C4H5NO3.HNS/c1-13(2)7-9(8-14(3,4)16(13)20)21-12(19)22-15-10(17)5-6-11(15)18;12-5-1-2-6(13)10(5)17-9(16)18-11-7(14)3-4-8(11)15;1-8(2)5-7(11)6-9(3,4)10(8)12;6-3-1-2-4(7)5(3)8;1-2/h9,20H,5-8H2,1-4H3;1-4H2;7,11-12H,5-6H2,1-4H3;8H,1-2H2;1H. The van der Waals surface area contributed by atoms with Gasteiger partial charge in [0.1, 0.15) is 6.10 Å². The highest BCUT2D eigenvalue weighted by Gasteiger charge is 2.47. The number of aliphatic hydroxyl groups excluding tert-OH is 1. The maximum atomic E-state index is 11.8. The van der Waals surface area contributed by atoms with Gasteiger partial charge in [-0.25, -0.2) is 9.57 Å². The third-order valence-corrected chi connectivity index (χ3v) is 10.0. The highest BCUT2D eigenvalue weighted by atomic mass is 32.1. The molecule has 26 heteroatoms. The maximum Gasteiger partial charge on any atom is 0.560 e. The Morgan fingerprint density at radius 2 is 0.726 bits per heavy atom. The number of hydroxylamine groups is 12. The van der Waals surface area contributed by atoms with Gasteiger partial charge in [-0.3, -0.25) is 58.1 Å². The van der Waals surface area contributed by atoms with Gasteiger partial charge in [-0.1, -0.05) is 15.2 Å². The zero-order chi connectivity index (χ0) is 47.7. The van der Waals surface area contributed by atoms with Crippen LogP contribution in [0.25, 0.3) is 0 Å². The average Bonchev–Trinajstić information content (AvgIpc) is 3.86. The molecule has 6 aliphatic rings. The molecule has 0 aliphatic carbocycles. The lowest BCUT2D eigenvalue weighted by Crippen LogP contribution is -2.60. The highest BCUT2D eigenvalue weighted by molar-refractivity contribution is 7.45. The first kappa shape index (κ1) is 53.0. The van der Waals surface area contributed by atoms with Gasteiger partial charge in [0.05, 0.1) is 6.10 Å². The van der Waals surface area contributed by atoms with Gasteiger partial charge in [0.15, 0.2) is 0 Å². The summed E-state index contributed by atoms with van der Waals surface area (Å²) in [5.74, 6) is -4.84. The number of amides is 8. The van der Waals surface area contributed by atoms with Crippen molar-refractivity contribution in [2.24, 2.45) is 0 Å². The second kappa shape index (κ2) is 21.3. The van der Waals surface area contributed by atoms with E-state index in [9.17, 15) is 63.5 Å². The summed E-state index contributed by atoms with van der Waals surface area (Å²) in [5.41, 5.74) is -1.79. The lowest BCUT2D eigenvalue weighted by atomic mass is 9.80. The summed E-state index contributed by atoms with van der Waals surface area (Å²) in [7, 11) is 0. The van der Waals surface area contributed by atoms with Crippen molar-refractivity contribution in [3.05, 3.63) is 0 Å². The largest absolute Gasteiger partial charge is 0.560 e. The van der Waals surface area contributed by atoms with Crippen LogP contribution >= 0.6 is 0 Å². The van der Waals surface area contributed by atoms with Crippen LogP contribution in [0.15, 0.2) is 0 Å². The number of hydrogen-bond acceptors (Lipinski definition) is 22. The van der Waals surface area contributed by atoms with Crippen molar-refractivity contribution in [2.45, 2.75) is 167 Å². The van der Waals surface area contributed by atoms with Crippen molar-refractivity contribution in [2.75, 3.05) is 0 Å². The van der Waals surface area contributed by atoms with Crippen LogP contribution in [0.2, 0.25) is 0 Å². The smallest absolute Gasteiger partial charge is 0.429 e. The Hall–Kier alpha value is -5.12. The molecule has 0 spiro atoms. The zero-order valence-corrected chi connectivity index (χ0v) is 36.6. The molecule has 8 amide bonds. The second-order valence-corrected chi connectivity index (χ2v) is 17.2. The number of piperidine rings is 2. The minimum atomic E-state index is -1.48. The summed E-state index contributed by atoms with van der Waals surface area (Å²) in [4.78, 5) is 124. The van der Waals surface area contributed by atoms with Gasteiger partial charge in [0, 0.05) is 98.8 Å². The van der Waals surface area contributed by atoms with Gasteiger partial charge >= 0.3 is 12.3 Å². The Labute approximate surface area is 361 Å². The van der Waals surface area contributed by atoms with E-state index in [2.05, 4.69) is 22.1 Å². The third-order valence-electron chi connectivity index (χ3n) is 10.0. The molecule has 6 saturated heterocycles. The molecule has 6 aliphatic heterocycles. The van der Waals surface area contributed by atoms with Crippen molar-refractivity contribution in [3.63, 3.8) is 0 Å². The minimum absolute atomic E-state index is 0.0368. The number of rotatable bonds is 4. The average molecular weight is 906 g/mol. The Morgan fingerprint density at radius 1 is 0.484 bits per heavy atom. The molecule has 0 radical (unpaired) electrons. The van der Waals surface area contributed by atoms with Crippen LogP contribution in [0, 0.1) is 4.78 Å². The molecule has 0 bridgehead atoms. The lowest BCUT2D eigenvalue weighted by Gasteiger charge is -2.50. The van der Waals surface area contributed by atoms with E-state index in [1.807, 2.05) is 55.4 Å². The van der Waals surface area contributed by atoms with Crippen molar-refractivity contribution >= 4 is 72.0 Å². The number of nitrogens with one attached hydrogen (secondary N) is 1. The fourth-order valence-electron chi connectivity index (χ4n) is 7.42. The molecule has 0 aromatic heterocycles. The first-order valence-electron chi connectivity index (χ1n) is 19.3. The molecule has 348 valence electrons. The van der Waals surface area contributed by atoms with Gasteiger partial charge in [-0.15, -0.1) is 0 Å². The summed E-state index contributed by atoms with van der Waals surface area (Å²) < 4.78 is 10.6. The van der Waals surface area contributed by atoms with Gasteiger partial charge in [-0.2, -0.15) is 20.0 Å². The number of imide groups is 4. The Kier molecular flexibility index (Phi) is 18.2. The predicted octanol–water partition coefficient (Wildman–Crippen LogP) is 2.09. The molecule has 5 N–H and O–H groups in total. The predicted molar refractivity (Wildman–Crippen MR) is 203 cm³/mol. The molecular formula is C36H55N7O18S. The Balaban J connectivity index is 0.000000296. The fourth-order valence-corrected chi connectivity index (χ4v) is 7.42. The minimum Gasteiger partial charge on any atom is -0.429 e. The third kappa shape index (κ3) is 13.9. The van der Waals surface area contributed by atoms with E-state index in [-0.39, 0.29) is 83.7 Å². The molecule has 62 heavy (non-hydrogen) atoms. The summed E-state index contributed by atoms with van der Waals surface area (Å²) in [6.45, 7) is 15.1. The molecule has 0 unspecified atom stereocenters. The molecule has 25 nitrogen and oxygen atoms in total. The molecule has 6 heterocycles. The van der Waals surface area contributed by atoms with Crippen molar-refractivity contribution in [3.8, 4) is 0 Å². The second-order valence-electron chi connectivity index (χ2n) is 17.2. The van der Waals surface area contributed by atoms with E-state index in [4.69, 9.17) is 19.6 Å². The van der Waals surface area contributed by atoms with Gasteiger partial charge in [0.25, 0.3) is 47.3 Å². The first-order valence-corrected chi connectivity index (χ1v) is 19.7. The van der Waals surface area contributed by atoms with Crippen LogP contribution in [0.3, 0.4) is 0 Å². The summed E-state index contributed by atoms with van der Waals surface area (Å²) in [6, 6.07) is 0. The van der Waals surface area contributed by atoms with Crippen molar-refractivity contribution in [1.29, 1.82) is 4.78 Å². The Bertz CT molecular complexity index is 1630. The van der Waals surface area contributed by atoms with Gasteiger partial charge in [-0.05, 0) is 68.2 Å². The number of aliphatic hydroxyl groups is 1. The Morgan fingerprint density at radius 3 is 0.984 bits per heavy atom.